The predicted octanol–water partition coefficient (Wildman–Crippen LogP) is 2.90. The average molecular weight is 282 g/mol. The normalized spacial score (nSPS) is 9.52. The third-order valence-corrected chi connectivity index (χ3v) is 2.86. The zero-order chi connectivity index (χ0) is 15.4. The third kappa shape index (κ3) is 2.85. The molecule has 0 saturated carbocycles. The van der Waals surface area contributed by atoms with Gasteiger partial charge in [-0.2, -0.15) is 10.5 Å². The number of methoxy groups -OCH3 is 1. The molecule has 2 aromatic rings. The Balaban J connectivity index is 2.39. The van der Waals surface area contributed by atoms with E-state index in [0.29, 0.717) is 11.4 Å². The van der Waals surface area contributed by atoms with Crippen LogP contribution in [0.4, 0.5) is 21.5 Å². The van der Waals surface area contributed by atoms with Gasteiger partial charge in [-0.15, -0.1) is 0 Å². The molecular weight excluding hydrogens is 271 g/mol. The fourth-order valence-electron chi connectivity index (χ4n) is 1.81. The molecule has 2 aromatic carbocycles. The maximum atomic E-state index is 13.9. The lowest BCUT2D eigenvalue weighted by atomic mass is 10.1. The molecule has 0 bridgehead atoms. The van der Waals surface area contributed by atoms with E-state index in [-0.39, 0.29) is 22.5 Å². The van der Waals surface area contributed by atoms with E-state index in [1.165, 1.54) is 25.3 Å². The van der Waals surface area contributed by atoms with Crippen molar-refractivity contribution in [2.45, 2.75) is 0 Å². The number of nitrogens with zero attached hydrogens (tertiary/aromatic N) is 2. The lowest BCUT2D eigenvalue weighted by molar-refractivity contribution is 0.416. The van der Waals surface area contributed by atoms with Crippen molar-refractivity contribution in [1.82, 2.24) is 0 Å². The van der Waals surface area contributed by atoms with Gasteiger partial charge in [0, 0.05) is 17.8 Å². The van der Waals surface area contributed by atoms with Gasteiger partial charge in [0.15, 0.2) is 0 Å². The van der Waals surface area contributed by atoms with Gasteiger partial charge in [-0.05, 0) is 18.2 Å². The van der Waals surface area contributed by atoms with E-state index in [1.807, 2.05) is 12.1 Å². The largest absolute Gasteiger partial charge is 0.495 e. The van der Waals surface area contributed by atoms with Crippen LogP contribution in [0.1, 0.15) is 11.1 Å². The maximum Gasteiger partial charge on any atom is 0.148 e. The number of ether oxygens (including phenoxy) is 1. The molecule has 0 unspecified atom stereocenters. The van der Waals surface area contributed by atoms with Gasteiger partial charge in [-0.1, -0.05) is 0 Å². The van der Waals surface area contributed by atoms with Crippen molar-refractivity contribution in [3.8, 4) is 17.9 Å². The maximum absolute atomic E-state index is 13.9. The fraction of sp³-hybridized carbons (Fsp3) is 0.0667. The van der Waals surface area contributed by atoms with Gasteiger partial charge in [0.25, 0.3) is 0 Å². The van der Waals surface area contributed by atoms with Crippen molar-refractivity contribution in [2.24, 2.45) is 0 Å². The van der Waals surface area contributed by atoms with Crippen LogP contribution in [0, 0.1) is 28.5 Å². The smallest absolute Gasteiger partial charge is 0.148 e. The van der Waals surface area contributed by atoms with Crippen LogP contribution >= 0.6 is 0 Å². The van der Waals surface area contributed by atoms with Gasteiger partial charge < -0.3 is 15.8 Å². The molecule has 3 N–H and O–H groups in total. The van der Waals surface area contributed by atoms with Crippen LogP contribution < -0.4 is 15.8 Å². The Bertz CT molecular complexity index is 774. The summed E-state index contributed by atoms with van der Waals surface area (Å²) in [5.74, 6) is -0.204. The number of hydrogen-bond donors (Lipinski definition) is 2. The number of benzene rings is 2. The van der Waals surface area contributed by atoms with Crippen molar-refractivity contribution >= 4 is 17.1 Å². The number of nitrogens with one attached hydrogen (secondary N) is 1. The van der Waals surface area contributed by atoms with Crippen LogP contribution in [-0.4, -0.2) is 7.11 Å². The summed E-state index contributed by atoms with van der Waals surface area (Å²) in [5.41, 5.74) is 6.92. The summed E-state index contributed by atoms with van der Waals surface area (Å²) >= 11 is 0. The van der Waals surface area contributed by atoms with Gasteiger partial charge in [-0.25, -0.2) is 4.39 Å². The lowest BCUT2D eigenvalue weighted by Crippen LogP contribution is -1.99. The Morgan fingerprint density at radius 3 is 2.48 bits per heavy atom. The fourth-order valence-corrected chi connectivity index (χ4v) is 1.81. The molecule has 0 amide bonds. The van der Waals surface area contributed by atoms with E-state index in [9.17, 15) is 4.39 Å². The second kappa shape index (κ2) is 5.81. The monoisotopic (exact) mass is 282 g/mol. The second-order valence-electron chi connectivity index (χ2n) is 4.18. The molecule has 0 aliphatic heterocycles. The highest BCUT2D eigenvalue weighted by Gasteiger charge is 2.10. The Labute approximate surface area is 121 Å². The molecule has 21 heavy (non-hydrogen) atoms. The minimum atomic E-state index is -0.545. The first-order chi connectivity index (χ1) is 10.1. The molecule has 0 spiro atoms. The zero-order valence-corrected chi connectivity index (χ0v) is 11.1. The summed E-state index contributed by atoms with van der Waals surface area (Å²) in [4.78, 5) is 0. The van der Waals surface area contributed by atoms with Gasteiger partial charge in [0.1, 0.15) is 23.7 Å². The van der Waals surface area contributed by atoms with E-state index in [2.05, 4.69) is 5.32 Å². The van der Waals surface area contributed by atoms with E-state index in [0.717, 1.165) is 6.07 Å². The van der Waals surface area contributed by atoms with Crippen LogP contribution in [0.25, 0.3) is 0 Å². The highest BCUT2D eigenvalue weighted by atomic mass is 19.1. The van der Waals surface area contributed by atoms with E-state index >= 15 is 0 Å². The van der Waals surface area contributed by atoms with Gasteiger partial charge >= 0.3 is 0 Å². The summed E-state index contributed by atoms with van der Waals surface area (Å²) in [7, 11) is 1.43. The minimum Gasteiger partial charge on any atom is -0.495 e. The number of nitriles is 2. The summed E-state index contributed by atoms with van der Waals surface area (Å²) in [5, 5.41) is 20.7. The van der Waals surface area contributed by atoms with Crippen LogP contribution in [0.2, 0.25) is 0 Å². The van der Waals surface area contributed by atoms with Crippen molar-refractivity contribution in [2.75, 3.05) is 18.2 Å². The molecule has 0 radical (unpaired) electrons. The highest BCUT2D eigenvalue weighted by Crippen LogP contribution is 2.30. The molecule has 0 saturated heterocycles. The highest BCUT2D eigenvalue weighted by molar-refractivity contribution is 5.69. The first-order valence-electron chi connectivity index (χ1n) is 5.93. The molecule has 0 atom stereocenters. The average Bonchev–Trinajstić information content (AvgIpc) is 2.49. The van der Waals surface area contributed by atoms with Crippen molar-refractivity contribution in [3.05, 3.63) is 47.3 Å². The third-order valence-electron chi connectivity index (χ3n) is 2.86. The zero-order valence-electron chi connectivity index (χ0n) is 11.1. The van der Waals surface area contributed by atoms with E-state index in [1.54, 1.807) is 6.07 Å². The SMILES string of the molecule is COc1cc(Nc2ccc(C#N)c(C#N)c2)c(F)cc1N. The summed E-state index contributed by atoms with van der Waals surface area (Å²) in [6, 6.07) is 11.0. The molecule has 5 nitrogen and oxygen atoms in total. The molecule has 104 valence electrons. The molecule has 0 heterocycles. The topological polar surface area (TPSA) is 94.9 Å². The van der Waals surface area contributed by atoms with Crippen LogP contribution in [-0.2, 0) is 0 Å². The number of halogens is 1. The van der Waals surface area contributed by atoms with Crippen molar-refractivity contribution < 1.29 is 9.13 Å². The first-order valence-corrected chi connectivity index (χ1v) is 5.93. The van der Waals surface area contributed by atoms with Crippen LogP contribution in [0.3, 0.4) is 0 Å². The van der Waals surface area contributed by atoms with Crippen molar-refractivity contribution in [3.63, 3.8) is 0 Å². The molecule has 2 rings (SSSR count). The molecule has 0 fully saturated rings. The molecule has 0 aliphatic carbocycles. The quantitative estimate of drug-likeness (QED) is 0.844. The minimum absolute atomic E-state index is 0.162. The lowest BCUT2D eigenvalue weighted by Gasteiger charge is -2.11. The summed E-state index contributed by atoms with van der Waals surface area (Å²) in [6.07, 6.45) is 0. The number of rotatable bonds is 3. The summed E-state index contributed by atoms with van der Waals surface area (Å²) in [6.45, 7) is 0. The first kappa shape index (κ1) is 14.2. The van der Waals surface area contributed by atoms with E-state index < -0.39 is 5.82 Å². The molecular formula is C15H11FN4O. The number of anilines is 3. The van der Waals surface area contributed by atoms with E-state index in [4.69, 9.17) is 21.0 Å². The number of nitrogens with two attached hydrogens (primary N) is 1. The van der Waals surface area contributed by atoms with Gasteiger partial charge in [-0.3, -0.25) is 0 Å². The predicted molar refractivity (Wildman–Crippen MR) is 76.5 cm³/mol. The standard InChI is InChI=1S/C15H11FN4O/c1-21-15-6-14(12(16)5-13(15)19)20-11-3-2-9(7-17)10(4-11)8-18/h2-6,20H,19H2,1H3. The van der Waals surface area contributed by atoms with Gasteiger partial charge in [0.2, 0.25) is 0 Å². The number of nitrogen functional groups attached to an aromatic ring is 1. The van der Waals surface area contributed by atoms with Gasteiger partial charge in [0.05, 0.1) is 29.6 Å². The molecule has 0 aromatic heterocycles. The molecule has 6 heteroatoms. The Morgan fingerprint density at radius 2 is 1.86 bits per heavy atom. The number of hydrogen-bond acceptors (Lipinski definition) is 5. The summed E-state index contributed by atoms with van der Waals surface area (Å²) < 4.78 is 18.9. The van der Waals surface area contributed by atoms with Crippen molar-refractivity contribution in [1.29, 1.82) is 10.5 Å². The Hall–Kier alpha value is -3.25. The second-order valence-corrected chi connectivity index (χ2v) is 4.18. The van der Waals surface area contributed by atoms with Crippen LogP contribution in [0.5, 0.6) is 5.75 Å². The molecule has 0 aliphatic rings. The Morgan fingerprint density at radius 1 is 1.14 bits per heavy atom. The Kier molecular flexibility index (Phi) is 3.92. The van der Waals surface area contributed by atoms with Crippen LogP contribution in [0.15, 0.2) is 30.3 Å².